The summed E-state index contributed by atoms with van der Waals surface area (Å²) in [5.74, 6) is 0. The van der Waals surface area contributed by atoms with Crippen LogP contribution in [0.1, 0.15) is 19.8 Å². The molecule has 2 atom stereocenters. The summed E-state index contributed by atoms with van der Waals surface area (Å²) in [4.78, 5) is 0. The Bertz CT molecular complexity index is 71.5. The van der Waals surface area contributed by atoms with Crippen molar-refractivity contribution < 1.29 is 4.74 Å². The Morgan fingerprint density at radius 1 is 1.78 bits per heavy atom. The van der Waals surface area contributed by atoms with Crippen LogP contribution >= 0.6 is 36.1 Å². The van der Waals surface area contributed by atoms with Crippen LogP contribution in [-0.2, 0) is 4.74 Å². The van der Waals surface area contributed by atoms with Gasteiger partial charge in [0.15, 0.2) is 0 Å². The average Bonchev–Trinajstić information content (AvgIpc) is 2.41. The molecular formula is C6H13IOS. The highest BCUT2D eigenvalue weighted by Crippen LogP contribution is 2.18. The molecule has 56 valence electrons. The van der Waals surface area contributed by atoms with Gasteiger partial charge in [-0.25, -0.2) is 0 Å². The van der Waals surface area contributed by atoms with Gasteiger partial charge in [-0.3, -0.25) is 0 Å². The largest absolute Gasteiger partial charge is 0.373 e. The van der Waals surface area contributed by atoms with Gasteiger partial charge in [0.2, 0.25) is 0 Å². The minimum Gasteiger partial charge on any atom is -0.373 e. The molecule has 0 aromatic carbocycles. The van der Waals surface area contributed by atoms with Gasteiger partial charge in [0, 0.05) is 3.92 Å². The SMILES string of the molecule is CC(I)CCC1CO1.S. The van der Waals surface area contributed by atoms with Crippen LogP contribution in [-0.4, -0.2) is 16.6 Å². The highest BCUT2D eigenvalue weighted by Gasteiger charge is 2.21. The van der Waals surface area contributed by atoms with Crippen molar-refractivity contribution in [1.82, 2.24) is 0 Å². The van der Waals surface area contributed by atoms with Crippen molar-refractivity contribution in [3.63, 3.8) is 0 Å². The molecule has 0 aliphatic carbocycles. The van der Waals surface area contributed by atoms with Gasteiger partial charge >= 0.3 is 0 Å². The molecule has 1 nitrogen and oxygen atoms in total. The summed E-state index contributed by atoms with van der Waals surface area (Å²) in [6.45, 7) is 3.26. The van der Waals surface area contributed by atoms with Gasteiger partial charge < -0.3 is 4.74 Å². The fraction of sp³-hybridized carbons (Fsp3) is 1.00. The number of epoxide rings is 1. The molecule has 1 fully saturated rings. The van der Waals surface area contributed by atoms with Crippen LogP contribution in [0.2, 0.25) is 0 Å². The Hall–Kier alpha value is 1.04. The maximum atomic E-state index is 5.06. The number of hydrogen-bond acceptors (Lipinski definition) is 1. The molecule has 0 amide bonds. The minimum absolute atomic E-state index is 0. The van der Waals surface area contributed by atoms with E-state index in [1.807, 2.05) is 0 Å². The summed E-state index contributed by atoms with van der Waals surface area (Å²) in [7, 11) is 0. The van der Waals surface area contributed by atoms with Crippen molar-refractivity contribution in [2.75, 3.05) is 6.61 Å². The lowest BCUT2D eigenvalue weighted by molar-refractivity contribution is 0.392. The molecule has 1 saturated heterocycles. The molecule has 0 saturated carbocycles. The molecule has 0 aromatic heterocycles. The summed E-state index contributed by atoms with van der Waals surface area (Å²) >= 11 is 2.45. The first-order chi connectivity index (χ1) is 3.79. The lowest BCUT2D eigenvalue weighted by atomic mass is 10.2. The third-order valence-electron chi connectivity index (χ3n) is 1.29. The van der Waals surface area contributed by atoms with Gasteiger partial charge in [-0.2, -0.15) is 13.5 Å². The van der Waals surface area contributed by atoms with E-state index in [4.69, 9.17) is 4.74 Å². The predicted octanol–water partition coefficient (Wildman–Crippen LogP) is 2.10. The van der Waals surface area contributed by atoms with Gasteiger partial charge in [0.1, 0.15) is 0 Å². The van der Waals surface area contributed by atoms with Gasteiger partial charge in [-0.15, -0.1) is 0 Å². The van der Waals surface area contributed by atoms with Gasteiger partial charge in [0.25, 0.3) is 0 Å². The van der Waals surface area contributed by atoms with E-state index in [9.17, 15) is 0 Å². The lowest BCUT2D eigenvalue weighted by Crippen LogP contribution is -1.92. The smallest absolute Gasteiger partial charge is 0.0810 e. The summed E-state index contributed by atoms with van der Waals surface area (Å²) in [5, 5.41) is 0. The minimum atomic E-state index is 0. The highest BCUT2D eigenvalue weighted by molar-refractivity contribution is 14.1. The fourth-order valence-electron chi connectivity index (χ4n) is 0.650. The summed E-state index contributed by atoms with van der Waals surface area (Å²) in [5.41, 5.74) is 0. The van der Waals surface area contributed by atoms with E-state index in [1.54, 1.807) is 0 Å². The number of halogens is 1. The number of ether oxygens (including phenoxy) is 1. The third-order valence-corrected chi connectivity index (χ3v) is 1.91. The molecule has 1 aliphatic heterocycles. The molecule has 1 rings (SSSR count). The Labute approximate surface area is 77.1 Å². The van der Waals surface area contributed by atoms with Crippen LogP contribution in [0.4, 0.5) is 0 Å². The second-order valence-electron chi connectivity index (χ2n) is 2.31. The van der Waals surface area contributed by atoms with Gasteiger partial charge in [0.05, 0.1) is 12.7 Å². The normalized spacial score (nSPS) is 26.7. The van der Waals surface area contributed by atoms with Crippen LogP contribution in [0, 0.1) is 0 Å². The Morgan fingerprint density at radius 3 is 2.67 bits per heavy atom. The van der Waals surface area contributed by atoms with E-state index in [2.05, 4.69) is 29.5 Å². The molecule has 0 spiro atoms. The van der Waals surface area contributed by atoms with Crippen LogP contribution in [0.15, 0.2) is 0 Å². The zero-order valence-electron chi connectivity index (χ0n) is 5.56. The molecule has 3 heteroatoms. The maximum Gasteiger partial charge on any atom is 0.0810 e. The average molecular weight is 260 g/mol. The van der Waals surface area contributed by atoms with Crippen molar-refractivity contribution in [1.29, 1.82) is 0 Å². The van der Waals surface area contributed by atoms with Crippen molar-refractivity contribution in [3.8, 4) is 0 Å². The molecule has 0 radical (unpaired) electrons. The van der Waals surface area contributed by atoms with Crippen molar-refractivity contribution in [2.24, 2.45) is 0 Å². The highest BCUT2D eigenvalue weighted by atomic mass is 127. The number of hydrogen-bond donors (Lipinski definition) is 0. The Balaban J connectivity index is 0.000000640. The second-order valence-corrected chi connectivity index (χ2v) is 4.44. The Morgan fingerprint density at radius 2 is 2.33 bits per heavy atom. The van der Waals surface area contributed by atoms with Crippen LogP contribution in [0.5, 0.6) is 0 Å². The zero-order chi connectivity index (χ0) is 5.98. The first-order valence-electron chi connectivity index (χ1n) is 3.04. The molecule has 1 aliphatic rings. The molecule has 1 heterocycles. The number of rotatable bonds is 3. The van der Waals surface area contributed by atoms with Gasteiger partial charge in [-0.05, 0) is 12.8 Å². The molecular weight excluding hydrogens is 247 g/mol. The summed E-state index contributed by atoms with van der Waals surface area (Å²) in [6.07, 6.45) is 3.21. The zero-order valence-corrected chi connectivity index (χ0v) is 8.72. The Kier molecular flexibility index (Phi) is 5.35. The van der Waals surface area contributed by atoms with Crippen molar-refractivity contribution in [3.05, 3.63) is 0 Å². The topological polar surface area (TPSA) is 12.5 Å². The quantitative estimate of drug-likeness (QED) is 0.430. The van der Waals surface area contributed by atoms with Gasteiger partial charge in [-0.1, -0.05) is 29.5 Å². The van der Waals surface area contributed by atoms with Crippen LogP contribution in [0.3, 0.4) is 0 Å². The molecule has 2 unspecified atom stereocenters. The van der Waals surface area contributed by atoms with E-state index in [-0.39, 0.29) is 13.5 Å². The molecule has 0 N–H and O–H groups in total. The summed E-state index contributed by atoms with van der Waals surface area (Å²) in [6, 6.07) is 0. The first kappa shape index (κ1) is 10.0. The first-order valence-corrected chi connectivity index (χ1v) is 4.29. The van der Waals surface area contributed by atoms with Crippen LogP contribution in [0.25, 0.3) is 0 Å². The standard InChI is InChI=1S/C6H11IO.H2S/c1-5(7)2-3-6-4-8-6;/h5-6H,2-4H2,1H3;1H2. The predicted molar refractivity (Wildman–Crippen MR) is 52.8 cm³/mol. The third kappa shape index (κ3) is 5.48. The maximum absolute atomic E-state index is 5.06. The van der Waals surface area contributed by atoms with E-state index in [0.717, 1.165) is 10.5 Å². The summed E-state index contributed by atoms with van der Waals surface area (Å²) < 4.78 is 5.87. The van der Waals surface area contributed by atoms with Crippen molar-refractivity contribution >= 4 is 36.1 Å². The molecule has 0 bridgehead atoms. The monoisotopic (exact) mass is 260 g/mol. The molecule has 9 heavy (non-hydrogen) atoms. The number of alkyl halides is 1. The molecule has 0 aromatic rings. The lowest BCUT2D eigenvalue weighted by Gasteiger charge is -1.97. The van der Waals surface area contributed by atoms with E-state index in [0.29, 0.717) is 6.10 Å². The fourth-order valence-corrected chi connectivity index (χ4v) is 1.01. The van der Waals surface area contributed by atoms with Crippen LogP contribution < -0.4 is 0 Å². The van der Waals surface area contributed by atoms with E-state index in [1.165, 1.54) is 12.8 Å². The second kappa shape index (κ2) is 4.79. The van der Waals surface area contributed by atoms with E-state index >= 15 is 0 Å². The van der Waals surface area contributed by atoms with Crippen molar-refractivity contribution in [2.45, 2.75) is 29.8 Å². The van der Waals surface area contributed by atoms with E-state index < -0.39 is 0 Å².